The second-order valence-electron chi connectivity index (χ2n) is 5.92. The SMILES string of the molecule is O=C(Nc1cccnc1-n1cccn1)C1CCCC(C(F)(F)F)C1. The fraction of sp³-hybridized carbons (Fsp3) is 0.438. The quantitative estimate of drug-likeness (QED) is 0.931. The molecule has 1 saturated carbocycles. The molecule has 1 aliphatic carbocycles. The van der Waals surface area contributed by atoms with Crippen molar-refractivity contribution in [2.24, 2.45) is 11.8 Å². The molecule has 2 aromatic rings. The van der Waals surface area contributed by atoms with Crippen LogP contribution in [0.1, 0.15) is 25.7 Å². The molecular weight excluding hydrogens is 321 g/mol. The zero-order chi connectivity index (χ0) is 17.2. The molecule has 0 aromatic carbocycles. The molecule has 2 unspecified atom stereocenters. The Kier molecular flexibility index (Phi) is 4.55. The van der Waals surface area contributed by atoms with Crippen molar-refractivity contribution >= 4 is 11.6 Å². The van der Waals surface area contributed by atoms with Crippen molar-refractivity contribution in [2.75, 3.05) is 5.32 Å². The van der Waals surface area contributed by atoms with Crippen LogP contribution in [0.5, 0.6) is 0 Å². The fourth-order valence-corrected chi connectivity index (χ4v) is 3.03. The standard InChI is InChI=1S/C16H17F3N4O/c17-16(18,19)12-5-1-4-11(10-12)15(24)22-13-6-2-7-20-14(13)23-9-3-8-21-23/h2-3,6-9,11-12H,1,4-5,10H2,(H,22,24). The Bertz CT molecular complexity index is 700. The maximum Gasteiger partial charge on any atom is 0.391 e. The van der Waals surface area contributed by atoms with Crippen LogP contribution in [-0.2, 0) is 4.79 Å². The first kappa shape index (κ1) is 16.5. The molecule has 5 nitrogen and oxygen atoms in total. The van der Waals surface area contributed by atoms with E-state index < -0.39 is 23.9 Å². The third-order valence-corrected chi connectivity index (χ3v) is 4.27. The zero-order valence-electron chi connectivity index (χ0n) is 12.8. The van der Waals surface area contributed by atoms with Gasteiger partial charge >= 0.3 is 6.18 Å². The molecule has 24 heavy (non-hydrogen) atoms. The van der Waals surface area contributed by atoms with E-state index >= 15 is 0 Å². The summed E-state index contributed by atoms with van der Waals surface area (Å²) in [7, 11) is 0. The van der Waals surface area contributed by atoms with Crippen LogP contribution in [0.25, 0.3) is 5.82 Å². The summed E-state index contributed by atoms with van der Waals surface area (Å²) in [6, 6.07) is 5.03. The summed E-state index contributed by atoms with van der Waals surface area (Å²) < 4.78 is 40.2. The summed E-state index contributed by atoms with van der Waals surface area (Å²) in [4.78, 5) is 16.6. The van der Waals surface area contributed by atoms with Gasteiger partial charge in [-0.15, -0.1) is 0 Å². The smallest absolute Gasteiger partial charge is 0.323 e. The average Bonchev–Trinajstić information content (AvgIpc) is 3.09. The van der Waals surface area contributed by atoms with Gasteiger partial charge in [-0.1, -0.05) is 6.42 Å². The van der Waals surface area contributed by atoms with Crippen molar-refractivity contribution in [3.63, 3.8) is 0 Å². The second-order valence-corrected chi connectivity index (χ2v) is 5.92. The predicted octanol–water partition coefficient (Wildman–Crippen LogP) is 3.57. The van der Waals surface area contributed by atoms with Gasteiger partial charge in [-0.2, -0.15) is 18.3 Å². The summed E-state index contributed by atoms with van der Waals surface area (Å²) in [5.41, 5.74) is 0.431. The number of rotatable bonds is 3. The summed E-state index contributed by atoms with van der Waals surface area (Å²) in [5.74, 6) is -2.01. The van der Waals surface area contributed by atoms with E-state index in [0.717, 1.165) is 0 Å². The normalized spacial score (nSPS) is 21.5. The number of anilines is 1. The van der Waals surface area contributed by atoms with E-state index in [1.807, 2.05) is 0 Å². The van der Waals surface area contributed by atoms with E-state index in [1.54, 1.807) is 36.8 Å². The molecule has 0 aliphatic heterocycles. The lowest BCUT2D eigenvalue weighted by atomic mass is 9.80. The highest BCUT2D eigenvalue weighted by Gasteiger charge is 2.43. The number of nitrogens with one attached hydrogen (secondary N) is 1. The molecular formula is C16H17F3N4O. The molecule has 1 N–H and O–H groups in total. The van der Waals surface area contributed by atoms with Gasteiger partial charge < -0.3 is 5.32 Å². The van der Waals surface area contributed by atoms with Gasteiger partial charge in [0, 0.05) is 24.5 Å². The van der Waals surface area contributed by atoms with Crippen LogP contribution < -0.4 is 5.32 Å². The van der Waals surface area contributed by atoms with Gasteiger partial charge in [-0.3, -0.25) is 4.79 Å². The predicted molar refractivity (Wildman–Crippen MR) is 81.5 cm³/mol. The van der Waals surface area contributed by atoms with Crippen LogP contribution in [0.4, 0.5) is 18.9 Å². The van der Waals surface area contributed by atoms with Gasteiger partial charge in [0.2, 0.25) is 5.91 Å². The number of hydrogen-bond acceptors (Lipinski definition) is 3. The van der Waals surface area contributed by atoms with E-state index in [9.17, 15) is 18.0 Å². The first-order valence-electron chi connectivity index (χ1n) is 7.78. The second kappa shape index (κ2) is 6.62. The van der Waals surface area contributed by atoms with Crippen molar-refractivity contribution in [3.05, 3.63) is 36.8 Å². The molecule has 2 heterocycles. The van der Waals surface area contributed by atoms with Crippen LogP contribution in [-0.4, -0.2) is 26.8 Å². The molecule has 128 valence electrons. The number of nitrogens with zero attached hydrogens (tertiary/aromatic N) is 3. The molecule has 0 bridgehead atoms. The van der Waals surface area contributed by atoms with Crippen molar-refractivity contribution in [1.82, 2.24) is 14.8 Å². The van der Waals surface area contributed by atoms with Crippen LogP contribution in [0, 0.1) is 11.8 Å². The van der Waals surface area contributed by atoms with Gasteiger partial charge in [0.25, 0.3) is 0 Å². The Labute approximate surface area is 136 Å². The van der Waals surface area contributed by atoms with Crippen molar-refractivity contribution in [1.29, 1.82) is 0 Å². The highest BCUT2D eigenvalue weighted by atomic mass is 19.4. The Hall–Kier alpha value is -2.38. The number of carbonyl (C=O) groups excluding carboxylic acids is 1. The lowest BCUT2D eigenvalue weighted by molar-refractivity contribution is -0.185. The first-order chi connectivity index (χ1) is 11.4. The molecule has 0 radical (unpaired) electrons. The number of alkyl halides is 3. The van der Waals surface area contributed by atoms with Gasteiger partial charge in [0.15, 0.2) is 5.82 Å². The van der Waals surface area contributed by atoms with E-state index in [2.05, 4.69) is 15.4 Å². The monoisotopic (exact) mass is 338 g/mol. The molecule has 0 saturated heterocycles. The summed E-state index contributed by atoms with van der Waals surface area (Å²) in [6.45, 7) is 0. The van der Waals surface area contributed by atoms with Crippen LogP contribution >= 0.6 is 0 Å². The molecule has 1 fully saturated rings. The molecule has 8 heteroatoms. The van der Waals surface area contributed by atoms with Gasteiger partial charge in [0.05, 0.1) is 11.6 Å². The van der Waals surface area contributed by atoms with Crippen LogP contribution in [0.15, 0.2) is 36.8 Å². The number of carbonyl (C=O) groups is 1. The molecule has 2 aromatic heterocycles. The topological polar surface area (TPSA) is 59.8 Å². The number of halogens is 3. The first-order valence-corrected chi connectivity index (χ1v) is 7.78. The number of hydrogen-bond donors (Lipinski definition) is 1. The molecule has 2 atom stereocenters. The average molecular weight is 338 g/mol. The van der Waals surface area contributed by atoms with E-state index in [0.29, 0.717) is 24.3 Å². The minimum Gasteiger partial charge on any atom is -0.323 e. The highest BCUT2D eigenvalue weighted by molar-refractivity contribution is 5.94. The van der Waals surface area contributed by atoms with Gasteiger partial charge in [-0.25, -0.2) is 9.67 Å². The van der Waals surface area contributed by atoms with E-state index in [1.165, 1.54) is 4.68 Å². The number of pyridine rings is 1. The number of aromatic nitrogens is 3. The van der Waals surface area contributed by atoms with Crippen molar-refractivity contribution in [2.45, 2.75) is 31.9 Å². The van der Waals surface area contributed by atoms with E-state index in [4.69, 9.17) is 0 Å². The fourth-order valence-electron chi connectivity index (χ4n) is 3.03. The van der Waals surface area contributed by atoms with Gasteiger partial charge in [-0.05, 0) is 37.5 Å². The molecule has 1 amide bonds. The Morgan fingerprint density at radius 1 is 1.25 bits per heavy atom. The zero-order valence-corrected chi connectivity index (χ0v) is 12.8. The Morgan fingerprint density at radius 2 is 2.08 bits per heavy atom. The summed E-state index contributed by atoms with van der Waals surface area (Å²) >= 11 is 0. The maximum absolute atomic E-state index is 12.9. The van der Waals surface area contributed by atoms with Crippen molar-refractivity contribution in [3.8, 4) is 5.82 Å². The Morgan fingerprint density at radius 3 is 2.79 bits per heavy atom. The largest absolute Gasteiger partial charge is 0.391 e. The highest BCUT2D eigenvalue weighted by Crippen LogP contribution is 2.40. The summed E-state index contributed by atoms with van der Waals surface area (Å²) in [5, 5.41) is 6.78. The molecule has 1 aliphatic rings. The lowest BCUT2D eigenvalue weighted by Gasteiger charge is -2.29. The molecule has 3 rings (SSSR count). The summed E-state index contributed by atoms with van der Waals surface area (Å²) in [6.07, 6.45) is 1.39. The maximum atomic E-state index is 12.9. The number of amides is 1. The van der Waals surface area contributed by atoms with Crippen LogP contribution in [0.3, 0.4) is 0 Å². The van der Waals surface area contributed by atoms with Crippen LogP contribution in [0.2, 0.25) is 0 Å². The minimum absolute atomic E-state index is 0.0959. The molecule has 0 spiro atoms. The van der Waals surface area contributed by atoms with Gasteiger partial charge in [0.1, 0.15) is 0 Å². The van der Waals surface area contributed by atoms with E-state index in [-0.39, 0.29) is 12.8 Å². The third kappa shape index (κ3) is 3.58. The minimum atomic E-state index is -4.24. The third-order valence-electron chi connectivity index (χ3n) is 4.27. The van der Waals surface area contributed by atoms with Crippen molar-refractivity contribution < 1.29 is 18.0 Å². The lowest BCUT2D eigenvalue weighted by Crippen LogP contribution is -2.34. The Balaban J connectivity index is 1.74.